The van der Waals surface area contributed by atoms with Crippen LogP contribution in [0.3, 0.4) is 0 Å². The summed E-state index contributed by atoms with van der Waals surface area (Å²) < 4.78 is 18.4. The van der Waals surface area contributed by atoms with Gasteiger partial charge in [-0.2, -0.15) is 5.26 Å². The van der Waals surface area contributed by atoms with Crippen LogP contribution in [0.15, 0.2) is 48.5 Å². The fourth-order valence-corrected chi connectivity index (χ4v) is 2.20. The molecule has 0 aliphatic rings. The average molecular weight is 355 g/mol. The first-order valence-electron chi connectivity index (χ1n) is 7.86. The van der Waals surface area contributed by atoms with Gasteiger partial charge in [0.25, 0.3) is 5.91 Å². The van der Waals surface area contributed by atoms with Crippen LogP contribution < -0.4 is 10.1 Å². The van der Waals surface area contributed by atoms with Gasteiger partial charge in [0, 0.05) is 12.7 Å². The lowest BCUT2D eigenvalue weighted by molar-refractivity contribution is -0.139. The van der Waals surface area contributed by atoms with E-state index in [1.165, 1.54) is 36.2 Å². The van der Waals surface area contributed by atoms with Crippen molar-refractivity contribution in [3.8, 4) is 11.8 Å². The second-order valence-electron chi connectivity index (χ2n) is 5.65. The first kappa shape index (κ1) is 18.9. The molecule has 2 amide bonds. The number of rotatable bonds is 6. The molecular formula is C19H18FN3O3. The number of nitrogens with zero attached hydrogens (tertiary/aromatic N) is 2. The maximum Gasteiger partial charge on any atom is 0.263 e. The summed E-state index contributed by atoms with van der Waals surface area (Å²) in [6, 6.07) is 13.7. The van der Waals surface area contributed by atoms with E-state index < -0.39 is 17.8 Å². The highest BCUT2D eigenvalue weighted by atomic mass is 19.1. The van der Waals surface area contributed by atoms with Crippen LogP contribution >= 0.6 is 0 Å². The van der Waals surface area contributed by atoms with E-state index in [1.807, 2.05) is 6.07 Å². The second kappa shape index (κ2) is 8.62. The van der Waals surface area contributed by atoms with Gasteiger partial charge in [0.15, 0.2) is 6.10 Å². The molecule has 0 fully saturated rings. The zero-order valence-electron chi connectivity index (χ0n) is 14.4. The van der Waals surface area contributed by atoms with Gasteiger partial charge in [0.2, 0.25) is 5.91 Å². The molecule has 0 spiro atoms. The zero-order valence-corrected chi connectivity index (χ0v) is 14.4. The van der Waals surface area contributed by atoms with Crippen molar-refractivity contribution in [2.24, 2.45) is 0 Å². The van der Waals surface area contributed by atoms with Crippen molar-refractivity contribution in [1.29, 1.82) is 5.26 Å². The molecule has 26 heavy (non-hydrogen) atoms. The van der Waals surface area contributed by atoms with E-state index in [0.29, 0.717) is 17.0 Å². The van der Waals surface area contributed by atoms with Gasteiger partial charge in [0.1, 0.15) is 11.6 Å². The first-order chi connectivity index (χ1) is 12.4. The molecule has 2 aromatic carbocycles. The highest BCUT2D eigenvalue weighted by Gasteiger charge is 2.21. The Morgan fingerprint density at radius 3 is 2.38 bits per heavy atom. The SMILES string of the molecule is CC(Oc1ccc(C#N)cc1)C(=O)N(C)CC(=O)Nc1ccc(F)cc1. The van der Waals surface area contributed by atoms with Gasteiger partial charge in [0.05, 0.1) is 18.2 Å². The Labute approximate surface area is 150 Å². The van der Waals surface area contributed by atoms with E-state index in [1.54, 1.807) is 31.2 Å². The molecule has 6 nitrogen and oxygen atoms in total. The quantitative estimate of drug-likeness (QED) is 0.863. The van der Waals surface area contributed by atoms with Crippen LogP contribution in [0, 0.1) is 17.1 Å². The summed E-state index contributed by atoms with van der Waals surface area (Å²) in [6.07, 6.45) is -0.799. The number of likely N-dealkylation sites (N-methyl/N-ethyl adjacent to an activating group) is 1. The highest BCUT2D eigenvalue weighted by Crippen LogP contribution is 2.14. The van der Waals surface area contributed by atoms with E-state index in [-0.39, 0.29) is 12.5 Å². The molecule has 0 aromatic heterocycles. The minimum Gasteiger partial charge on any atom is -0.481 e. The van der Waals surface area contributed by atoms with E-state index in [2.05, 4.69) is 5.32 Å². The third kappa shape index (κ3) is 5.31. The molecule has 0 saturated carbocycles. The third-order valence-electron chi connectivity index (χ3n) is 3.53. The lowest BCUT2D eigenvalue weighted by Gasteiger charge is -2.21. The van der Waals surface area contributed by atoms with Crippen LogP contribution in [-0.2, 0) is 9.59 Å². The maximum absolute atomic E-state index is 12.9. The van der Waals surface area contributed by atoms with Crippen LogP contribution in [0.2, 0.25) is 0 Å². The van der Waals surface area contributed by atoms with Gasteiger partial charge in [-0.3, -0.25) is 9.59 Å². The largest absolute Gasteiger partial charge is 0.481 e. The third-order valence-corrected chi connectivity index (χ3v) is 3.53. The number of amides is 2. The van der Waals surface area contributed by atoms with Gasteiger partial charge in [-0.1, -0.05) is 0 Å². The molecule has 0 heterocycles. The van der Waals surface area contributed by atoms with Crippen molar-refractivity contribution < 1.29 is 18.7 Å². The van der Waals surface area contributed by atoms with Crippen molar-refractivity contribution in [3.05, 3.63) is 59.9 Å². The molecular weight excluding hydrogens is 337 g/mol. The number of halogens is 1. The van der Waals surface area contributed by atoms with Gasteiger partial charge in [-0.25, -0.2) is 4.39 Å². The summed E-state index contributed by atoms with van der Waals surface area (Å²) in [4.78, 5) is 25.6. The smallest absolute Gasteiger partial charge is 0.263 e. The van der Waals surface area contributed by atoms with Crippen LogP contribution in [-0.4, -0.2) is 36.4 Å². The summed E-state index contributed by atoms with van der Waals surface area (Å²) in [5, 5.41) is 11.4. The van der Waals surface area contributed by atoms with Crippen molar-refractivity contribution in [2.45, 2.75) is 13.0 Å². The first-order valence-corrected chi connectivity index (χ1v) is 7.86. The Morgan fingerprint density at radius 1 is 1.19 bits per heavy atom. The van der Waals surface area contributed by atoms with Crippen molar-refractivity contribution >= 4 is 17.5 Å². The Kier molecular flexibility index (Phi) is 6.28. The minimum absolute atomic E-state index is 0.169. The minimum atomic E-state index is -0.799. The molecule has 2 aromatic rings. The predicted molar refractivity (Wildman–Crippen MR) is 93.9 cm³/mol. The van der Waals surface area contributed by atoms with Crippen LogP contribution in [0.5, 0.6) is 5.75 Å². The molecule has 0 radical (unpaired) electrons. The molecule has 1 unspecified atom stereocenters. The number of ether oxygens (including phenoxy) is 1. The van der Waals surface area contributed by atoms with E-state index in [0.717, 1.165) is 0 Å². The molecule has 0 bridgehead atoms. The lowest BCUT2D eigenvalue weighted by atomic mass is 10.2. The monoisotopic (exact) mass is 355 g/mol. The molecule has 0 aliphatic carbocycles. The van der Waals surface area contributed by atoms with Gasteiger partial charge >= 0.3 is 0 Å². The lowest BCUT2D eigenvalue weighted by Crippen LogP contribution is -2.41. The molecule has 134 valence electrons. The number of hydrogen-bond donors (Lipinski definition) is 1. The maximum atomic E-state index is 12.9. The zero-order chi connectivity index (χ0) is 19.1. The fourth-order valence-electron chi connectivity index (χ4n) is 2.20. The molecule has 7 heteroatoms. The number of carbonyl (C=O) groups excluding carboxylic acids is 2. The van der Waals surface area contributed by atoms with E-state index in [9.17, 15) is 14.0 Å². The average Bonchev–Trinajstić information content (AvgIpc) is 2.63. The predicted octanol–water partition coefficient (Wildman–Crippen LogP) is 2.56. The number of nitriles is 1. The standard InChI is InChI=1S/C19H18FN3O3/c1-13(26-17-9-3-14(11-21)4-10-17)19(25)23(2)12-18(24)22-16-7-5-15(20)6-8-16/h3-10,13H,12H2,1-2H3,(H,22,24). The van der Waals surface area contributed by atoms with E-state index in [4.69, 9.17) is 10.00 Å². The summed E-state index contributed by atoms with van der Waals surface area (Å²) in [7, 11) is 1.49. The summed E-state index contributed by atoms with van der Waals surface area (Å²) in [5.41, 5.74) is 0.935. The van der Waals surface area contributed by atoms with Crippen molar-refractivity contribution in [1.82, 2.24) is 4.90 Å². The van der Waals surface area contributed by atoms with Crippen molar-refractivity contribution in [3.63, 3.8) is 0 Å². The Bertz CT molecular complexity index is 813. The van der Waals surface area contributed by atoms with Gasteiger partial charge < -0.3 is 15.0 Å². The Hall–Kier alpha value is -3.40. The Balaban J connectivity index is 1.87. The topological polar surface area (TPSA) is 82.4 Å². The van der Waals surface area contributed by atoms with Crippen LogP contribution in [0.25, 0.3) is 0 Å². The van der Waals surface area contributed by atoms with Crippen LogP contribution in [0.4, 0.5) is 10.1 Å². The van der Waals surface area contributed by atoms with Gasteiger partial charge in [-0.05, 0) is 55.5 Å². The molecule has 2 rings (SSSR count). The summed E-state index contributed by atoms with van der Waals surface area (Å²) >= 11 is 0. The number of carbonyl (C=O) groups is 2. The molecule has 1 N–H and O–H groups in total. The molecule has 1 atom stereocenters. The van der Waals surface area contributed by atoms with Crippen molar-refractivity contribution in [2.75, 3.05) is 18.9 Å². The number of anilines is 1. The summed E-state index contributed by atoms with van der Waals surface area (Å²) in [6.45, 7) is 1.41. The summed E-state index contributed by atoms with van der Waals surface area (Å²) in [5.74, 6) is -0.722. The van der Waals surface area contributed by atoms with E-state index >= 15 is 0 Å². The number of nitrogens with one attached hydrogen (secondary N) is 1. The number of hydrogen-bond acceptors (Lipinski definition) is 4. The normalized spacial score (nSPS) is 11.2. The fraction of sp³-hybridized carbons (Fsp3) is 0.211. The Morgan fingerprint density at radius 2 is 1.81 bits per heavy atom. The number of benzene rings is 2. The molecule has 0 aliphatic heterocycles. The molecule has 0 saturated heterocycles. The second-order valence-corrected chi connectivity index (χ2v) is 5.65. The van der Waals surface area contributed by atoms with Gasteiger partial charge in [-0.15, -0.1) is 0 Å². The highest BCUT2D eigenvalue weighted by molar-refractivity contribution is 5.95. The van der Waals surface area contributed by atoms with Crippen LogP contribution in [0.1, 0.15) is 12.5 Å².